The van der Waals surface area contributed by atoms with Crippen molar-refractivity contribution in [2.24, 2.45) is 0 Å². The molecule has 0 fully saturated rings. The van der Waals surface area contributed by atoms with Crippen LogP contribution in [0.15, 0.2) is 17.0 Å². The van der Waals surface area contributed by atoms with Gasteiger partial charge in [-0.15, -0.1) is 0 Å². The Morgan fingerprint density at radius 3 is 2.26 bits per heavy atom. The molecule has 2 N–H and O–H groups in total. The van der Waals surface area contributed by atoms with Gasteiger partial charge in [-0.2, -0.15) is 4.31 Å². The van der Waals surface area contributed by atoms with Gasteiger partial charge in [0.1, 0.15) is 4.90 Å². The first-order valence-corrected chi connectivity index (χ1v) is 7.97. The second-order valence-electron chi connectivity index (χ2n) is 4.94. The monoisotopic (exact) mass is 324 g/mol. The molecule has 0 unspecified atom stereocenters. The van der Waals surface area contributed by atoms with Gasteiger partial charge in [0, 0.05) is 17.6 Å². The van der Waals surface area contributed by atoms with Crippen molar-refractivity contribution in [2.75, 3.05) is 12.8 Å². The summed E-state index contributed by atoms with van der Waals surface area (Å²) in [5.74, 6) is 0. The summed E-state index contributed by atoms with van der Waals surface area (Å²) >= 11 is 11.8. The third kappa shape index (κ3) is 3.16. The van der Waals surface area contributed by atoms with Crippen LogP contribution in [0.2, 0.25) is 10.0 Å². The SMILES string of the molecule is CCC(C)(C)N(C)S(=O)(=O)c1c(N)cc(Cl)cc1Cl. The fraction of sp³-hybridized carbons (Fsp3) is 0.500. The molecule has 0 saturated carbocycles. The molecule has 7 heteroatoms. The zero-order valence-corrected chi connectivity index (χ0v) is 13.7. The van der Waals surface area contributed by atoms with Crippen LogP contribution in [-0.4, -0.2) is 25.3 Å². The third-order valence-corrected chi connectivity index (χ3v) is 6.19. The van der Waals surface area contributed by atoms with E-state index in [9.17, 15) is 8.42 Å². The van der Waals surface area contributed by atoms with E-state index < -0.39 is 15.6 Å². The molecule has 0 heterocycles. The molecular weight excluding hydrogens is 307 g/mol. The molecule has 19 heavy (non-hydrogen) atoms. The van der Waals surface area contributed by atoms with Crippen LogP contribution in [0, 0.1) is 0 Å². The Morgan fingerprint density at radius 1 is 1.32 bits per heavy atom. The fourth-order valence-electron chi connectivity index (χ4n) is 1.54. The second kappa shape index (κ2) is 5.48. The fourth-order valence-corrected chi connectivity index (χ4v) is 4.05. The molecule has 1 rings (SSSR count). The van der Waals surface area contributed by atoms with Gasteiger partial charge in [0.05, 0.1) is 10.7 Å². The standard InChI is InChI=1S/C12H18Cl2N2O2S/c1-5-12(2,3)16(4)19(17,18)11-9(14)6-8(13)7-10(11)15/h6-7H,5,15H2,1-4H3. The number of halogens is 2. The predicted octanol–water partition coefficient (Wildman–Crippen LogP) is 3.38. The zero-order valence-electron chi connectivity index (χ0n) is 11.4. The second-order valence-corrected chi connectivity index (χ2v) is 7.69. The highest BCUT2D eigenvalue weighted by Crippen LogP contribution is 2.35. The van der Waals surface area contributed by atoms with Gasteiger partial charge in [-0.25, -0.2) is 8.42 Å². The summed E-state index contributed by atoms with van der Waals surface area (Å²) in [6.07, 6.45) is 0.661. The van der Waals surface area contributed by atoms with Crippen molar-refractivity contribution in [1.82, 2.24) is 4.31 Å². The van der Waals surface area contributed by atoms with E-state index in [0.29, 0.717) is 11.4 Å². The van der Waals surface area contributed by atoms with Gasteiger partial charge in [-0.05, 0) is 32.4 Å². The van der Waals surface area contributed by atoms with Gasteiger partial charge in [0.2, 0.25) is 10.0 Å². The van der Waals surface area contributed by atoms with Crippen molar-refractivity contribution in [2.45, 2.75) is 37.6 Å². The molecular formula is C12H18Cl2N2O2S. The summed E-state index contributed by atoms with van der Waals surface area (Å²) in [4.78, 5) is -0.0948. The van der Waals surface area contributed by atoms with E-state index >= 15 is 0 Å². The lowest BCUT2D eigenvalue weighted by molar-refractivity contribution is 0.257. The molecule has 0 spiro atoms. The normalized spacial score (nSPS) is 13.0. The molecule has 0 bridgehead atoms. The van der Waals surface area contributed by atoms with Crippen LogP contribution in [0.3, 0.4) is 0 Å². The van der Waals surface area contributed by atoms with Gasteiger partial charge in [-0.1, -0.05) is 30.1 Å². The van der Waals surface area contributed by atoms with Gasteiger partial charge >= 0.3 is 0 Å². The summed E-state index contributed by atoms with van der Waals surface area (Å²) in [7, 11) is -2.25. The van der Waals surface area contributed by atoms with Gasteiger partial charge < -0.3 is 5.73 Å². The Hall–Kier alpha value is -0.490. The van der Waals surface area contributed by atoms with E-state index in [1.54, 1.807) is 0 Å². The van der Waals surface area contributed by atoms with Gasteiger partial charge in [0.25, 0.3) is 0 Å². The minimum Gasteiger partial charge on any atom is -0.398 e. The molecule has 108 valence electrons. The van der Waals surface area contributed by atoms with E-state index in [1.165, 1.54) is 23.5 Å². The molecule has 1 aromatic carbocycles. The quantitative estimate of drug-likeness (QED) is 0.863. The number of hydrogen-bond donors (Lipinski definition) is 1. The first kappa shape index (κ1) is 16.6. The van der Waals surface area contributed by atoms with Crippen LogP contribution >= 0.6 is 23.2 Å². The molecule has 1 aromatic rings. The van der Waals surface area contributed by atoms with Gasteiger partial charge in [-0.3, -0.25) is 0 Å². The Kier molecular flexibility index (Phi) is 4.78. The van der Waals surface area contributed by atoms with E-state index in [0.717, 1.165) is 0 Å². The summed E-state index contributed by atoms with van der Waals surface area (Å²) in [6, 6.07) is 2.76. The zero-order chi connectivity index (χ0) is 15.0. The van der Waals surface area contributed by atoms with Crippen molar-refractivity contribution >= 4 is 38.9 Å². The number of nitrogens with zero attached hydrogens (tertiary/aromatic N) is 1. The van der Waals surface area contributed by atoms with E-state index in [1.807, 2.05) is 20.8 Å². The lowest BCUT2D eigenvalue weighted by atomic mass is 10.0. The summed E-state index contributed by atoms with van der Waals surface area (Å²) in [5.41, 5.74) is 5.27. The Morgan fingerprint density at radius 2 is 1.84 bits per heavy atom. The van der Waals surface area contributed by atoms with Crippen LogP contribution in [0.4, 0.5) is 5.69 Å². The first-order chi connectivity index (χ1) is 8.54. The first-order valence-electron chi connectivity index (χ1n) is 5.77. The minimum absolute atomic E-state index is 0.0313. The van der Waals surface area contributed by atoms with Crippen molar-refractivity contribution in [3.8, 4) is 0 Å². The van der Waals surface area contributed by atoms with E-state index in [2.05, 4.69) is 0 Å². The van der Waals surface area contributed by atoms with Crippen LogP contribution < -0.4 is 5.73 Å². The van der Waals surface area contributed by atoms with Crippen molar-refractivity contribution < 1.29 is 8.42 Å². The lowest BCUT2D eigenvalue weighted by Crippen LogP contribution is -2.44. The maximum Gasteiger partial charge on any atom is 0.246 e. The Balaban J connectivity index is 3.45. The molecule has 0 aliphatic carbocycles. The third-order valence-electron chi connectivity index (χ3n) is 3.37. The van der Waals surface area contributed by atoms with Crippen molar-refractivity contribution in [3.63, 3.8) is 0 Å². The molecule has 0 amide bonds. The maximum absolute atomic E-state index is 12.6. The Bertz CT molecular complexity index is 562. The number of anilines is 1. The molecule has 0 aliphatic heterocycles. The van der Waals surface area contributed by atoms with Crippen molar-refractivity contribution in [1.29, 1.82) is 0 Å². The maximum atomic E-state index is 12.6. The minimum atomic E-state index is -3.77. The van der Waals surface area contributed by atoms with Gasteiger partial charge in [0.15, 0.2) is 0 Å². The highest BCUT2D eigenvalue weighted by atomic mass is 35.5. The smallest absolute Gasteiger partial charge is 0.246 e. The molecule has 0 radical (unpaired) electrons. The number of rotatable bonds is 4. The average Bonchev–Trinajstić information content (AvgIpc) is 2.26. The summed E-state index contributed by atoms with van der Waals surface area (Å²) < 4.78 is 26.5. The number of hydrogen-bond acceptors (Lipinski definition) is 3. The molecule has 4 nitrogen and oxygen atoms in total. The highest BCUT2D eigenvalue weighted by Gasteiger charge is 2.35. The largest absolute Gasteiger partial charge is 0.398 e. The predicted molar refractivity (Wildman–Crippen MR) is 80.2 cm³/mol. The summed E-state index contributed by atoms with van der Waals surface area (Å²) in [6.45, 7) is 5.59. The topological polar surface area (TPSA) is 63.4 Å². The van der Waals surface area contributed by atoms with E-state index in [4.69, 9.17) is 28.9 Å². The average molecular weight is 325 g/mol. The van der Waals surface area contributed by atoms with Crippen LogP contribution in [0.1, 0.15) is 27.2 Å². The molecule has 0 atom stereocenters. The number of nitrogen functional groups attached to an aromatic ring is 1. The number of benzene rings is 1. The van der Waals surface area contributed by atoms with Crippen LogP contribution in [0.5, 0.6) is 0 Å². The number of sulfonamides is 1. The Labute approximate surface area is 124 Å². The summed E-state index contributed by atoms with van der Waals surface area (Å²) in [5, 5.41) is 0.336. The number of nitrogens with two attached hydrogens (primary N) is 1. The van der Waals surface area contributed by atoms with Crippen molar-refractivity contribution in [3.05, 3.63) is 22.2 Å². The van der Waals surface area contributed by atoms with Crippen LogP contribution in [-0.2, 0) is 10.0 Å². The molecule has 0 saturated heterocycles. The highest BCUT2D eigenvalue weighted by molar-refractivity contribution is 7.89. The molecule has 0 aromatic heterocycles. The van der Waals surface area contributed by atoms with E-state index in [-0.39, 0.29) is 15.6 Å². The van der Waals surface area contributed by atoms with Crippen LogP contribution in [0.25, 0.3) is 0 Å². The lowest BCUT2D eigenvalue weighted by Gasteiger charge is -2.34. The molecule has 0 aliphatic rings.